The number of hydrogen-bond donors (Lipinski definition) is 1. The molecule has 3 rings (SSSR count). The van der Waals surface area contributed by atoms with Crippen molar-refractivity contribution < 1.29 is 14.3 Å². The van der Waals surface area contributed by atoms with Crippen LogP contribution in [-0.4, -0.2) is 20.1 Å². The standard InChI is InChI=1S/C18H19NO3/c1-21-15-9-8-13(12-16(15)22-2)17(20)19-18(10-11-18)14-6-4-3-5-7-14/h3-9,12H,10-11H2,1-2H3,(H,19,20). The molecular weight excluding hydrogens is 278 g/mol. The molecule has 1 aliphatic carbocycles. The summed E-state index contributed by atoms with van der Waals surface area (Å²) in [4.78, 5) is 12.5. The summed E-state index contributed by atoms with van der Waals surface area (Å²) in [5.41, 5.74) is 1.51. The SMILES string of the molecule is COc1ccc(C(=O)NC2(c3ccccc3)CC2)cc1OC. The van der Waals surface area contributed by atoms with Gasteiger partial charge in [-0.25, -0.2) is 0 Å². The van der Waals surface area contributed by atoms with Gasteiger partial charge in [-0.2, -0.15) is 0 Å². The fourth-order valence-electron chi connectivity index (χ4n) is 2.63. The Balaban J connectivity index is 1.81. The number of benzene rings is 2. The average molecular weight is 297 g/mol. The smallest absolute Gasteiger partial charge is 0.252 e. The number of amides is 1. The first kappa shape index (κ1) is 14.4. The summed E-state index contributed by atoms with van der Waals surface area (Å²) in [5.74, 6) is 1.07. The predicted molar refractivity (Wildman–Crippen MR) is 84.4 cm³/mol. The topological polar surface area (TPSA) is 47.6 Å². The fourth-order valence-corrected chi connectivity index (χ4v) is 2.63. The molecule has 1 amide bonds. The summed E-state index contributed by atoms with van der Waals surface area (Å²) < 4.78 is 10.4. The largest absolute Gasteiger partial charge is 0.493 e. The van der Waals surface area contributed by atoms with Gasteiger partial charge in [0.25, 0.3) is 5.91 Å². The van der Waals surface area contributed by atoms with Crippen molar-refractivity contribution >= 4 is 5.91 Å². The lowest BCUT2D eigenvalue weighted by Crippen LogP contribution is -2.34. The van der Waals surface area contributed by atoms with Crippen molar-refractivity contribution in [2.24, 2.45) is 0 Å². The quantitative estimate of drug-likeness (QED) is 0.922. The van der Waals surface area contributed by atoms with Crippen molar-refractivity contribution in [2.75, 3.05) is 14.2 Å². The second-order valence-corrected chi connectivity index (χ2v) is 5.47. The van der Waals surface area contributed by atoms with E-state index in [4.69, 9.17) is 9.47 Å². The maximum atomic E-state index is 12.5. The first-order valence-electron chi connectivity index (χ1n) is 7.28. The van der Waals surface area contributed by atoms with Crippen molar-refractivity contribution in [3.8, 4) is 11.5 Å². The van der Waals surface area contributed by atoms with Gasteiger partial charge in [-0.05, 0) is 36.6 Å². The summed E-state index contributed by atoms with van der Waals surface area (Å²) in [7, 11) is 3.14. The molecule has 0 spiro atoms. The molecule has 1 saturated carbocycles. The van der Waals surface area contributed by atoms with E-state index in [2.05, 4.69) is 17.4 Å². The van der Waals surface area contributed by atoms with E-state index in [-0.39, 0.29) is 11.4 Å². The van der Waals surface area contributed by atoms with Gasteiger partial charge in [-0.1, -0.05) is 30.3 Å². The van der Waals surface area contributed by atoms with Gasteiger partial charge in [0.2, 0.25) is 0 Å². The highest BCUT2D eigenvalue weighted by Crippen LogP contribution is 2.45. The third kappa shape index (κ3) is 2.64. The van der Waals surface area contributed by atoms with E-state index in [1.807, 2.05) is 18.2 Å². The van der Waals surface area contributed by atoms with Crippen LogP contribution >= 0.6 is 0 Å². The second kappa shape index (κ2) is 5.72. The van der Waals surface area contributed by atoms with Gasteiger partial charge in [0.05, 0.1) is 19.8 Å². The van der Waals surface area contributed by atoms with Crippen molar-refractivity contribution in [3.05, 3.63) is 59.7 Å². The molecule has 2 aromatic rings. The molecule has 1 aliphatic rings. The zero-order valence-electron chi connectivity index (χ0n) is 12.8. The molecule has 0 atom stereocenters. The summed E-state index contributed by atoms with van der Waals surface area (Å²) in [6.45, 7) is 0. The van der Waals surface area contributed by atoms with Gasteiger partial charge in [0.1, 0.15) is 0 Å². The zero-order valence-corrected chi connectivity index (χ0v) is 12.8. The molecule has 0 saturated heterocycles. The lowest BCUT2D eigenvalue weighted by Gasteiger charge is -2.18. The molecule has 0 unspecified atom stereocenters. The third-order valence-corrected chi connectivity index (χ3v) is 4.07. The number of carbonyl (C=O) groups is 1. The highest BCUT2D eigenvalue weighted by Gasteiger charge is 2.45. The van der Waals surface area contributed by atoms with E-state index < -0.39 is 0 Å². The van der Waals surface area contributed by atoms with Gasteiger partial charge in [0, 0.05) is 5.56 Å². The van der Waals surface area contributed by atoms with Gasteiger partial charge in [-0.15, -0.1) is 0 Å². The zero-order chi connectivity index (χ0) is 15.6. The Hall–Kier alpha value is -2.49. The molecule has 2 aromatic carbocycles. The monoisotopic (exact) mass is 297 g/mol. The molecule has 1 fully saturated rings. The number of ether oxygens (including phenoxy) is 2. The number of rotatable bonds is 5. The van der Waals surface area contributed by atoms with Gasteiger partial charge in [0.15, 0.2) is 11.5 Å². The molecule has 0 bridgehead atoms. The predicted octanol–water partition coefficient (Wildman–Crippen LogP) is 3.12. The van der Waals surface area contributed by atoms with Gasteiger partial charge >= 0.3 is 0 Å². The van der Waals surface area contributed by atoms with Crippen LogP contribution in [0.5, 0.6) is 11.5 Å². The Labute approximate surface area is 130 Å². The van der Waals surface area contributed by atoms with Crippen LogP contribution in [0.1, 0.15) is 28.8 Å². The molecule has 0 aliphatic heterocycles. The first-order chi connectivity index (χ1) is 10.7. The van der Waals surface area contributed by atoms with E-state index >= 15 is 0 Å². The lowest BCUT2D eigenvalue weighted by molar-refractivity contribution is 0.0930. The Morgan fingerprint density at radius 2 is 1.68 bits per heavy atom. The molecule has 0 aromatic heterocycles. The third-order valence-electron chi connectivity index (χ3n) is 4.07. The average Bonchev–Trinajstić information content (AvgIpc) is 3.35. The van der Waals surface area contributed by atoms with Crippen LogP contribution in [0.25, 0.3) is 0 Å². The number of hydrogen-bond acceptors (Lipinski definition) is 3. The van der Waals surface area contributed by atoms with E-state index in [1.165, 1.54) is 0 Å². The normalized spacial score (nSPS) is 15.0. The van der Waals surface area contributed by atoms with Gasteiger partial charge < -0.3 is 14.8 Å². The highest BCUT2D eigenvalue weighted by atomic mass is 16.5. The molecular formula is C18H19NO3. The fraction of sp³-hybridized carbons (Fsp3) is 0.278. The maximum Gasteiger partial charge on any atom is 0.252 e. The van der Waals surface area contributed by atoms with Crippen molar-refractivity contribution in [2.45, 2.75) is 18.4 Å². The van der Waals surface area contributed by atoms with E-state index in [0.717, 1.165) is 18.4 Å². The molecule has 4 nitrogen and oxygen atoms in total. The lowest BCUT2D eigenvalue weighted by atomic mass is 10.0. The Kier molecular flexibility index (Phi) is 3.75. The molecule has 0 radical (unpaired) electrons. The Morgan fingerprint density at radius 3 is 2.27 bits per heavy atom. The van der Waals surface area contributed by atoms with Crippen LogP contribution < -0.4 is 14.8 Å². The molecule has 4 heteroatoms. The van der Waals surface area contributed by atoms with E-state index in [1.54, 1.807) is 32.4 Å². The Bertz CT molecular complexity index is 678. The van der Waals surface area contributed by atoms with Crippen molar-refractivity contribution in [1.29, 1.82) is 0 Å². The Morgan fingerprint density at radius 1 is 1.00 bits per heavy atom. The van der Waals surface area contributed by atoms with E-state index in [9.17, 15) is 4.79 Å². The van der Waals surface area contributed by atoms with Crippen LogP contribution in [0.3, 0.4) is 0 Å². The maximum absolute atomic E-state index is 12.5. The van der Waals surface area contributed by atoms with Gasteiger partial charge in [-0.3, -0.25) is 4.79 Å². The van der Waals surface area contributed by atoms with Crippen LogP contribution in [0.4, 0.5) is 0 Å². The van der Waals surface area contributed by atoms with Crippen molar-refractivity contribution in [1.82, 2.24) is 5.32 Å². The number of carbonyl (C=O) groups excluding carboxylic acids is 1. The van der Waals surface area contributed by atoms with E-state index in [0.29, 0.717) is 17.1 Å². The molecule has 1 N–H and O–H groups in total. The van der Waals surface area contributed by atoms with Crippen molar-refractivity contribution in [3.63, 3.8) is 0 Å². The first-order valence-corrected chi connectivity index (χ1v) is 7.28. The highest BCUT2D eigenvalue weighted by molar-refractivity contribution is 5.95. The summed E-state index contributed by atoms with van der Waals surface area (Å²) in [6.07, 6.45) is 1.94. The molecule has 0 heterocycles. The minimum atomic E-state index is -0.217. The second-order valence-electron chi connectivity index (χ2n) is 5.47. The minimum Gasteiger partial charge on any atom is -0.493 e. The molecule has 114 valence electrons. The minimum absolute atomic E-state index is 0.0951. The summed E-state index contributed by atoms with van der Waals surface area (Å²) in [5, 5.41) is 3.15. The van der Waals surface area contributed by atoms with Crippen LogP contribution in [0.15, 0.2) is 48.5 Å². The van der Waals surface area contributed by atoms with Crippen LogP contribution in [0.2, 0.25) is 0 Å². The molecule has 22 heavy (non-hydrogen) atoms. The number of nitrogens with one attached hydrogen (secondary N) is 1. The summed E-state index contributed by atoms with van der Waals surface area (Å²) in [6, 6.07) is 15.3. The number of methoxy groups -OCH3 is 2. The summed E-state index contributed by atoms with van der Waals surface area (Å²) >= 11 is 0. The van der Waals surface area contributed by atoms with Crippen LogP contribution in [-0.2, 0) is 5.54 Å². The van der Waals surface area contributed by atoms with Crippen LogP contribution in [0, 0.1) is 0 Å².